The predicted octanol–water partition coefficient (Wildman–Crippen LogP) is 3.72. The van der Waals surface area contributed by atoms with Crippen molar-refractivity contribution in [2.75, 3.05) is 44.6 Å². The highest BCUT2D eigenvalue weighted by Gasteiger charge is 2.11. The number of nitrogens with zero attached hydrogens (tertiary/aromatic N) is 1. The van der Waals surface area contributed by atoms with Gasteiger partial charge in [0.1, 0.15) is 5.84 Å². The lowest BCUT2D eigenvalue weighted by Crippen LogP contribution is -2.22. The highest BCUT2D eigenvalue weighted by Crippen LogP contribution is 2.25. The lowest BCUT2D eigenvalue weighted by molar-refractivity contribution is 0.570. The molecular formula is C20H35BrClN5. The zero-order valence-corrected chi connectivity index (χ0v) is 18.6. The molecule has 1 aliphatic heterocycles. The molecule has 0 spiro atoms. The summed E-state index contributed by atoms with van der Waals surface area (Å²) >= 11 is 3.55. The maximum absolute atomic E-state index is 5.47. The van der Waals surface area contributed by atoms with Gasteiger partial charge in [-0.05, 0) is 95.0 Å². The number of hydrogen-bond donors (Lipinski definition) is 4. The number of halogens is 2. The fourth-order valence-electron chi connectivity index (χ4n) is 3.07. The van der Waals surface area contributed by atoms with Crippen LogP contribution in [0.4, 0.5) is 5.69 Å². The minimum Gasteiger partial charge on any atom is -0.344 e. The van der Waals surface area contributed by atoms with Crippen molar-refractivity contribution in [1.82, 2.24) is 10.6 Å². The van der Waals surface area contributed by atoms with Crippen molar-refractivity contribution in [3.63, 3.8) is 0 Å². The van der Waals surface area contributed by atoms with Crippen LogP contribution in [0.25, 0.3) is 0 Å². The molecule has 0 radical (unpaired) electrons. The summed E-state index contributed by atoms with van der Waals surface area (Å²) in [6.07, 6.45) is 7.91. The van der Waals surface area contributed by atoms with Gasteiger partial charge in [-0.25, -0.2) is 0 Å². The van der Waals surface area contributed by atoms with Crippen molar-refractivity contribution in [3.8, 4) is 0 Å². The van der Waals surface area contributed by atoms with Crippen LogP contribution >= 0.6 is 28.3 Å². The molecule has 5 N–H and O–H groups in total. The first kappa shape index (κ1) is 24.4. The van der Waals surface area contributed by atoms with Crippen molar-refractivity contribution in [2.24, 2.45) is 10.7 Å². The molecule has 7 heteroatoms. The first-order valence-corrected chi connectivity index (χ1v) is 10.8. The zero-order valence-electron chi connectivity index (χ0n) is 16.2. The van der Waals surface area contributed by atoms with E-state index < -0.39 is 0 Å². The quantitative estimate of drug-likeness (QED) is 0.359. The first-order chi connectivity index (χ1) is 12.8. The highest BCUT2D eigenvalue weighted by molar-refractivity contribution is 9.10. The van der Waals surface area contributed by atoms with Crippen LogP contribution in [0.5, 0.6) is 0 Å². The van der Waals surface area contributed by atoms with Crippen molar-refractivity contribution in [3.05, 3.63) is 28.2 Å². The van der Waals surface area contributed by atoms with E-state index in [4.69, 9.17) is 10.7 Å². The Morgan fingerprint density at radius 1 is 1.00 bits per heavy atom. The van der Waals surface area contributed by atoms with E-state index in [-0.39, 0.29) is 12.4 Å². The molecular weight excluding hydrogens is 426 g/mol. The van der Waals surface area contributed by atoms with Crippen LogP contribution in [0.15, 0.2) is 27.7 Å². The van der Waals surface area contributed by atoms with Crippen LogP contribution in [0.3, 0.4) is 0 Å². The Bertz CT molecular complexity index is 553. The number of rotatable bonds is 12. The molecule has 5 nitrogen and oxygen atoms in total. The molecule has 0 saturated carbocycles. The molecule has 0 unspecified atom stereocenters. The Morgan fingerprint density at radius 2 is 1.70 bits per heavy atom. The van der Waals surface area contributed by atoms with Gasteiger partial charge in [-0.3, -0.25) is 4.99 Å². The maximum atomic E-state index is 5.47. The normalized spacial score (nSPS) is 15.0. The van der Waals surface area contributed by atoms with E-state index in [0.29, 0.717) is 0 Å². The molecule has 0 bridgehead atoms. The number of nitrogens with one attached hydrogen (secondary N) is 3. The summed E-state index contributed by atoms with van der Waals surface area (Å²) < 4.78 is 1.15. The molecule has 0 saturated heterocycles. The van der Waals surface area contributed by atoms with E-state index in [9.17, 15) is 0 Å². The van der Waals surface area contributed by atoms with Crippen molar-refractivity contribution < 1.29 is 0 Å². The van der Waals surface area contributed by atoms with Gasteiger partial charge in [0, 0.05) is 23.1 Å². The number of aliphatic imine (C=N–C) groups is 1. The Labute approximate surface area is 178 Å². The van der Waals surface area contributed by atoms with Gasteiger partial charge in [-0.1, -0.05) is 15.9 Å². The van der Waals surface area contributed by atoms with Crippen LogP contribution in [0, 0.1) is 0 Å². The summed E-state index contributed by atoms with van der Waals surface area (Å²) in [6.45, 7) is 5.94. The monoisotopic (exact) mass is 459 g/mol. The maximum Gasteiger partial charge on any atom is 0.101 e. The number of unbranched alkanes of at least 4 members (excludes halogenated alkanes) is 1. The van der Waals surface area contributed by atoms with Crippen LogP contribution < -0.4 is 21.7 Å². The molecule has 154 valence electrons. The van der Waals surface area contributed by atoms with Crippen molar-refractivity contribution >= 4 is 39.9 Å². The third kappa shape index (κ3) is 10.5. The van der Waals surface area contributed by atoms with Gasteiger partial charge in [-0.15, -0.1) is 12.4 Å². The molecule has 0 aromatic heterocycles. The Morgan fingerprint density at radius 3 is 2.44 bits per heavy atom. The number of benzene rings is 1. The summed E-state index contributed by atoms with van der Waals surface area (Å²) in [7, 11) is 0. The fourth-order valence-corrected chi connectivity index (χ4v) is 3.48. The lowest BCUT2D eigenvalue weighted by Gasteiger charge is -2.09. The van der Waals surface area contributed by atoms with E-state index in [2.05, 4.69) is 50.1 Å². The largest absolute Gasteiger partial charge is 0.344 e. The molecule has 0 aliphatic carbocycles. The van der Waals surface area contributed by atoms with E-state index in [1.165, 1.54) is 24.1 Å². The number of fused-ring (bicyclic) bond motifs is 1. The molecule has 27 heavy (non-hydrogen) atoms. The second-order valence-corrected chi connectivity index (χ2v) is 7.73. The SMILES string of the molecule is Cl.NCCCNCCCCNCCCN=C1CCCc2cc(Br)ccc2N1. The number of aryl methyl sites for hydroxylation is 1. The van der Waals surface area contributed by atoms with E-state index in [1.807, 2.05) is 0 Å². The molecule has 1 heterocycles. The Hall–Kier alpha value is -0.660. The van der Waals surface area contributed by atoms with Gasteiger partial charge in [0.15, 0.2) is 0 Å². The van der Waals surface area contributed by atoms with Crippen LogP contribution in [0.1, 0.15) is 44.1 Å². The summed E-state index contributed by atoms with van der Waals surface area (Å²) in [5.41, 5.74) is 8.06. The summed E-state index contributed by atoms with van der Waals surface area (Å²) in [5, 5.41) is 10.5. The molecule has 0 fully saturated rings. The average Bonchev–Trinajstić information content (AvgIpc) is 2.84. The highest BCUT2D eigenvalue weighted by atomic mass is 79.9. The number of anilines is 1. The number of amidine groups is 1. The third-order valence-electron chi connectivity index (χ3n) is 4.54. The minimum absolute atomic E-state index is 0. The molecule has 1 aromatic rings. The minimum atomic E-state index is 0. The topological polar surface area (TPSA) is 74.5 Å². The van der Waals surface area contributed by atoms with Gasteiger partial charge in [0.25, 0.3) is 0 Å². The fraction of sp³-hybridized carbons (Fsp3) is 0.650. The Kier molecular flexibility index (Phi) is 13.8. The number of nitrogens with two attached hydrogens (primary N) is 1. The van der Waals surface area contributed by atoms with Gasteiger partial charge in [0.05, 0.1) is 0 Å². The molecule has 0 amide bonds. The summed E-state index contributed by atoms with van der Waals surface area (Å²) in [4.78, 5) is 4.77. The smallest absolute Gasteiger partial charge is 0.101 e. The molecule has 1 aliphatic rings. The van der Waals surface area contributed by atoms with Crippen molar-refractivity contribution in [1.29, 1.82) is 0 Å². The predicted molar refractivity (Wildman–Crippen MR) is 124 cm³/mol. The van der Waals surface area contributed by atoms with Crippen LogP contribution in [-0.4, -0.2) is 45.1 Å². The van der Waals surface area contributed by atoms with Crippen LogP contribution in [0.2, 0.25) is 0 Å². The van der Waals surface area contributed by atoms with E-state index in [0.717, 1.165) is 81.7 Å². The van der Waals surface area contributed by atoms with Crippen LogP contribution in [-0.2, 0) is 6.42 Å². The summed E-state index contributed by atoms with van der Waals surface area (Å²) in [6, 6.07) is 6.45. The van der Waals surface area contributed by atoms with Gasteiger partial charge in [0.2, 0.25) is 0 Å². The molecule has 1 aromatic carbocycles. The van der Waals surface area contributed by atoms with Gasteiger partial charge in [-0.2, -0.15) is 0 Å². The third-order valence-corrected chi connectivity index (χ3v) is 5.03. The Balaban J connectivity index is 0.00000364. The average molecular weight is 461 g/mol. The van der Waals surface area contributed by atoms with Gasteiger partial charge >= 0.3 is 0 Å². The lowest BCUT2D eigenvalue weighted by atomic mass is 10.1. The molecule has 2 rings (SSSR count). The summed E-state index contributed by atoms with van der Waals surface area (Å²) in [5.74, 6) is 1.13. The zero-order chi connectivity index (χ0) is 18.5. The van der Waals surface area contributed by atoms with Gasteiger partial charge < -0.3 is 21.7 Å². The van der Waals surface area contributed by atoms with Crippen molar-refractivity contribution in [2.45, 2.75) is 44.9 Å². The standard InChI is InChI=1S/C20H34BrN5.ClH/c21-18-8-9-19-17(16-18)6-3-7-20(26-19)25-15-5-14-24-12-2-1-11-23-13-4-10-22;/h8-9,16,23-24H,1-7,10-15,22H2,(H,25,26);1H. The number of hydrogen-bond acceptors (Lipinski definition) is 4. The first-order valence-electron chi connectivity index (χ1n) is 10.00. The molecule has 0 atom stereocenters. The second kappa shape index (κ2) is 15.3. The van der Waals surface area contributed by atoms with E-state index in [1.54, 1.807) is 0 Å². The van der Waals surface area contributed by atoms with E-state index >= 15 is 0 Å². The second-order valence-electron chi connectivity index (χ2n) is 6.81.